The first-order valence-corrected chi connectivity index (χ1v) is 15.8. The van der Waals surface area contributed by atoms with Crippen molar-refractivity contribution in [2.24, 2.45) is 23.3 Å². The van der Waals surface area contributed by atoms with E-state index >= 15 is 0 Å². The fraction of sp³-hybridized carbons (Fsp3) is 0.929. The zero-order valence-corrected chi connectivity index (χ0v) is 24.0. The molecule has 5 fully saturated rings. The Hall–Kier alpha value is -1.41. The van der Waals surface area contributed by atoms with Crippen LogP contribution in [0.4, 0.5) is 4.39 Å². The molecule has 4 saturated heterocycles. The highest BCUT2D eigenvalue weighted by Gasteiger charge is 2.47. The number of nitrogens with one attached hydrogen (secondary N) is 4. The minimum absolute atomic E-state index is 0.0641. The molecule has 0 bridgehead atoms. The predicted molar refractivity (Wildman–Crippen MR) is 150 cm³/mol. The van der Waals surface area contributed by atoms with Crippen molar-refractivity contribution < 1.29 is 23.6 Å². The zero-order valence-electron chi connectivity index (χ0n) is 24.0. The molecule has 12 heteroatoms. The average molecular weight is 568 g/mol. The van der Waals surface area contributed by atoms with Crippen LogP contribution in [-0.4, -0.2) is 124 Å². The third-order valence-corrected chi connectivity index (χ3v) is 10.1. The summed E-state index contributed by atoms with van der Waals surface area (Å²) in [6, 6.07) is 0.435. The van der Waals surface area contributed by atoms with Crippen molar-refractivity contribution in [3.63, 3.8) is 0 Å². The quantitative estimate of drug-likeness (QED) is 0.190. The van der Waals surface area contributed by atoms with Crippen LogP contribution in [0.15, 0.2) is 0 Å². The number of quaternary nitrogens is 1. The van der Waals surface area contributed by atoms with Crippen LogP contribution in [-0.2, 0) is 14.3 Å². The van der Waals surface area contributed by atoms with E-state index < -0.39 is 18.3 Å². The van der Waals surface area contributed by atoms with Gasteiger partial charge in [-0.15, -0.1) is 0 Å². The van der Waals surface area contributed by atoms with Gasteiger partial charge >= 0.3 is 0 Å². The first-order valence-electron chi connectivity index (χ1n) is 15.8. The average Bonchev–Trinajstić information content (AvgIpc) is 2.99. The summed E-state index contributed by atoms with van der Waals surface area (Å²) in [6.07, 6.45) is 6.14. The van der Waals surface area contributed by atoms with Crippen molar-refractivity contribution in [1.82, 2.24) is 25.8 Å². The third kappa shape index (κ3) is 7.14. The monoisotopic (exact) mass is 567 g/mol. The van der Waals surface area contributed by atoms with Crippen LogP contribution in [0.1, 0.15) is 51.4 Å². The van der Waals surface area contributed by atoms with Crippen LogP contribution in [0.25, 0.3) is 0 Å². The highest BCUT2D eigenvalue weighted by molar-refractivity contribution is 5.80. The standard InChI is InChI=1S/C28H51FN8O3/c29-20-16-33-26(37(18-20)21-4-2-1-3-5-21)24(25(30)31)27(38)34-22-17-32-9-6-23(22)35-10-7-19(8-11-35)28(39)36-12-14-40-15-13-36/h19-26,32-33H,1-18,30-31H2,(H,34,38)/p+1. The van der Waals surface area contributed by atoms with E-state index in [-0.39, 0.29) is 42.5 Å². The van der Waals surface area contributed by atoms with Crippen molar-refractivity contribution in [1.29, 1.82) is 0 Å². The van der Waals surface area contributed by atoms with E-state index in [0.717, 1.165) is 69.5 Å². The van der Waals surface area contributed by atoms with Gasteiger partial charge in [-0.2, -0.15) is 0 Å². The van der Waals surface area contributed by atoms with Gasteiger partial charge in [0.15, 0.2) is 12.3 Å². The van der Waals surface area contributed by atoms with E-state index in [4.69, 9.17) is 16.2 Å². The summed E-state index contributed by atoms with van der Waals surface area (Å²) in [5.74, 6) is -0.467. The molecule has 0 aromatic heterocycles. The first kappa shape index (κ1) is 30.1. The van der Waals surface area contributed by atoms with Crippen molar-refractivity contribution in [3.05, 3.63) is 0 Å². The molecule has 6 atom stereocenters. The lowest BCUT2D eigenvalue weighted by Gasteiger charge is -2.46. The van der Waals surface area contributed by atoms with Crippen molar-refractivity contribution in [2.75, 3.05) is 65.6 Å². The van der Waals surface area contributed by atoms with Gasteiger partial charge in [0, 0.05) is 38.1 Å². The molecular formula is C28H52FN8O3+. The van der Waals surface area contributed by atoms with Crippen LogP contribution in [0.3, 0.4) is 0 Å². The van der Waals surface area contributed by atoms with Gasteiger partial charge < -0.3 is 36.6 Å². The summed E-state index contributed by atoms with van der Waals surface area (Å²) in [5, 5.41) is 10.1. The second kappa shape index (κ2) is 14.2. The lowest BCUT2D eigenvalue weighted by Crippen LogP contribution is -3.24. The predicted octanol–water partition coefficient (Wildman–Crippen LogP) is -2.25. The number of morpholine rings is 1. The van der Waals surface area contributed by atoms with Crippen LogP contribution in [0.2, 0.25) is 0 Å². The van der Waals surface area contributed by atoms with E-state index in [0.29, 0.717) is 45.4 Å². The number of halogens is 1. The summed E-state index contributed by atoms with van der Waals surface area (Å²) in [6.45, 7) is 6.51. The second-order valence-corrected chi connectivity index (χ2v) is 12.6. The molecule has 0 radical (unpaired) electrons. The molecule has 6 unspecified atom stereocenters. The van der Waals surface area contributed by atoms with Crippen LogP contribution in [0.5, 0.6) is 0 Å². The van der Waals surface area contributed by atoms with Gasteiger partial charge in [-0.3, -0.25) is 19.8 Å². The van der Waals surface area contributed by atoms with Crippen molar-refractivity contribution in [3.8, 4) is 0 Å². The van der Waals surface area contributed by atoms with Crippen LogP contribution >= 0.6 is 0 Å². The Bertz CT molecular complexity index is 832. The SMILES string of the molecule is NC(N)C(C(=O)NC1CNCCC1N1CCC(C(=O)N2CCOCC2)CC1)C1NCC(F)C[NH+]1C1CCCCC1. The topological polar surface area (TPSA) is 142 Å². The number of ether oxygens (including phenoxy) is 1. The summed E-state index contributed by atoms with van der Waals surface area (Å²) >= 11 is 0. The van der Waals surface area contributed by atoms with Crippen molar-refractivity contribution in [2.45, 2.75) is 88.0 Å². The number of carbonyl (C=O) groups is 2. The molecule has 5 rings (SSSR count). The van der Waals surface area contributed by atoms with Crippen LogP contribution in [0, 0.1) is 11.8 Å². The Kier molecular flexibility index (Phi) is 10.7. The van der Waals surface area contributed by atoms with Gasteiger partial charge in [0.05, 0.1) is 31.5 Å². The summed E-state index contributed by atoms with van der Waals surface area (Å²) in [7, 11) is 0. The summed E-state index contributed by atoms with van der Waals surface area (Å²) in [5.41, 5.74) is 12.6. The number of piperidine rings is 2. The lowest BCUT2D eigenvalue weighted by atomic mass is 9.89. The molecule has 11 nitrogen and oxygen atoms in total. The number of rotatable bonds is 7. The van der Waals surface area contributed by atoms with E-state index in [1.807, 2.05) is 4.90 Å². The molecule has 228 valence electrons. The number of nitrogens with two attached hydrogens (primary N) is 2. The highest BCUT2D eigenvalue weighted by Crippen LogP contribution is 2.25. The van der Waals surface area contributed by atoms with Gasteiger partial charge in [-0.05, 0) is 64.6 Å². The molecule has 0 aromatic carbocycles. The van der Waals surface area contributed by atoms with E-state index in [1.54, 1.807) is 0 Å². The number of hydrogen-bond acceptors (Lipinski definition) is 8. The minimum atomic E-state index is -0.934. The zero-order chi connectivity index (χ0) is 28.1. The largest absolute Gasteiger partial charge is 0.378 e. The number of alkyl halides is 1. The fourth-order valence-electron chi connectivity index (χ4n) is 7.87. The van der Waals surface area contributed by atoms with Gasteiger partial charge in [0.1, 0.15) is 12.5 Å². The third-order valence-electron chi connectivity index (χ3n) is 10.1. The highest BCUT2D eigenvalue weighted by atomic mass is 19.1. The van der Waals surface area contributed by atoms with E-state index in [1.165, 1.54) is 6.42 Å². The second-order valence-electron chi connectivity index (χ2n) is 12.6. The maximum atomic E-state index is 14.6. The maximum absolute atomic E-state index is 14.6. The molecule has 0 spiro atoms. The normalized spacial score (nSPS) is 34.5. The molecule has 8 N–H and O–H groups in total. The maximum Gasteiger partial charge on any atom is 0.233 e. The van der Waals surface area contributed by atoms with Crippen molar-refractivity contribution >= 4 is 11.8 Å². The summed E-state index contributed by atoms with van der Waals surface area (Å²) in [4.78, 5) is 32.4. The molecule has 2 amide bonds. The van der Waals surface area contributed by atoms with Gasteiger partial charge in [0.2, 0.25) is 11.8 Å². The molecule has 5 aliphatic rings. The molecule has 0 aromatic rings. The molecule has 40 heavy (non-hydrogen) atoms. The molecule has 1 aliphatic carbocycles. The Labute approximate surface area is 238 Å². The molecule has 1 saturated carbocycles. The van der Waals surface area contributed by atoms with Gasteiger partial charge in [-0.25, -0.2) is 4.39 Å². The number of hydrogen-bond donors (Lipinski definition) is 6. The van der Waals surface area contributed by atoms with Gasteiger partial charge in [0.25, 0.3) is 0 Å². The molecule has 4 heterocycles. The number of nitrogens with zero attached hydrogens (tertiary/aromatic N) is 2. The number of likely N-dealkylation sites (tertiary alicyclic amines) is 1. The first-order chi connectivity index (χ1) is 19.4. The minimum Gasteiger partial charge on any atom is -0.378 e. The Morgan fingerprint density at radius 2 is 1.70 bits per heavy atom. The number of amides is 2. The Balaban J connectivity index is 1.21. The molecule has 4 aliphatic heterocycles. The summed E-state index contributed by atoms with van der Waals surface area (Å²) < 4.78 is 20.0. The fourth-order valence-corrected chi connectivity index (χ4v) is 7.87. The van der Waals surface area contributed by atoms with Crippen LogP contribution < -0.4 is 32.3 Å². The lowest BCUT2D eigenvalue weighted by molar-refractivity contribution is -0.963. The smallest absolute Gasteiger partial charge is 0.233 e. The van der Waals surface area contributed by atoms with E-state index in [2.05, 4.69) is 20.9 Å². The Morgan fingerprint density at radius 3 is 2.40 bits per heavy atom. The van der Waals surface area contributed by atoms with Gasteiger partial charge in [-0.1, -0.05) is 6.42 Å². The Morgan fingerprint density at radius 1 is 0.975 bits per heavy atom. The molecular weight excluding hydrogens is 515 g/mol. The number of carbonyl (C=O) groups excluding carboxylic acids is 2. The van der Waals surface area contributed by atoms with E-state index in [9.17, 15) is 14.0 Å².